The molecule has 0 radical (unpaired) electrons. The van der Waals surface area contributed by atoms with Crippen molar-refractivity contribution >= 4 is 108 Å². The number of furan rings is 1. The fraction of sp³-hybridized carbons (Fsp3) is 0. The second-order valence-electron chi connectivity index (χ2n) is 17.9. The Morgan fingerprint density at radius 2 is 0.706 bits per heavy atom. The van der Waals surface area contributed by atoms with Crippen LogP contribution in [0.4, 0.5) is 0 Å². The van der Waals surface area contributed by atoms with Crippen LogP contribution in [0.3, 0.4) is 0 Å². The molecule has 3 aromatic heterocycles. The van der Waals surface area contributed by atoms with E-state index in [0.29, 0.717) is 17.5 Å². The Hall–Kier alpha value is -9.19. The molecular formula is C63H36N4O. The number of aromatic nitrogens is 4. The highest BCUT2D eigenvalue weighted by Gasteiger charge is 2.24. The number of nitrogens with zero attached hydrogens (tertiary/aromatic N) is 4. The van der Waals surface area contributed by atoms with Crippen LogP contribution in [-0.4, -0.2) is 19.5 Å². The number of hydrogen-bond donors (Lipinski definition) is 0. The van der Waals surface area contributed by atoms with Gasteiger partial charge in [-0.1, -0.05) is 164 Å². The molecule has 0 atom stereocenters. The Morgan fingerprint density at radius 1 is 0.294 bits per heavy atom. The Morgan fingerprint density at radius 3 is 1.24 bits per heavy atom. The van der Waals surface area contributed by atoms with Crippen LogP contribution in [0.5, 0.6) is 0 Å². The van der Waals surface area contributed by atoms with Gasteiger partial charge in [0.25, 0.3) is 0 Å². The number of fused-ring (bicyclic) bond motifs is 14. The summed E-state index contributed by atoms with van der Waals surface area (Å²) in [5.74, 6) is 1.79. The van der Waals surface area contributed by atoms with Gasteiger partial charge < -0.3 is 8.98 Å². The minimum atomic E-state index is 0.574. The van der Waals surface area contributed by atoms with Crippen molar-refractivity contribution in [3.05, 3.63) is 218 Å². The molecule has 0 saturated carbocycles. The molecule has 0 N–H and O–H groups in total. The highest BCUT2D eigenvalue weighted by molar-refractivity contribution is 6.19. The van der Waals surface area contributed by atoms with Crippen molar-refractivity contribution in [2.75, 3.05) is 0 Å². The lowest BCUT2D eigenvalue weighted by Gasteiger charge is -2.15. The number of hydrogen-bond acceptors (Lipinski definition) is 4. The Kier molecular flexibility index (Phi) is 7.72. The molecule has 0 spiro atoms. The van der Waals surface area contributed by atoms with E-state index in [1.54, 1.807) is 0 Å². The van der Waals surface area contributed by atoms with E-state index in [0.717, 1.165) is 87.7 Å². The maximum absolute atomic E-state index is 6.96. The standard InChI is InChI=1S/C63H36N4O/c1-3-17-39-34-56-51(29-37(39)15-1)52-30-38-16-2-4-18-40(38)35-57(52)67(56)58-36-43(33-53-50-27-13-14-28-59(50)68-60(53)58)61-64-62(54-31-41-19-5-7-21-44(41)46-23-9-11-25-48(46)54)66-63(65-61)55-32-42-20-6-8-22-45(42)47-24-10-12-26-49(47)55/h1-36H. The van der Waals surface area contributed by atoms with Crippen LogP contribution in [-0.2, 0) is 0 Å². The first kappa shape index (κ1) is 37.1. The maximum atomic E-state index is 6.96. The van der Waals surface area contributed by atoms with Gasteiger partial charge in [-0.25, -0.2) is 15.0 Å². The molecule has 0 aliphatic carbocycles. The summed E-state index contributed by atoms with van der Waals surface area (Å²) in [7, 11) is 0. The Bertz CT molecular complexity index is 4410. The molecule has 314 valence electrons. The zero-order valence-electron chi connectivity index (χ0n) is 36.5. The third kappa shape index (κ3) is 5.47. The quantitative estimate of drug-likeness (QED) is 0.165. The van der Waals surface area contributed by atoms with Gasteiger partial charge >= 0.3 is 0 Å². The molecule has 5 heteroatoms. The van der Waals surface area contributed by atoms with E-state index in [-0.39, 0.29) is 0 Å². The van der Waals surface area contributed by atoms with Crippen molar-refractivity contribution in [2.45, 2.75) is 0 Å². The lowest BCUT2D eigenvalue weighted by molar-refractivity contribution is 0.666. The van der Waals surface area contributed by atoms with E-state index in [1.165, 1.54) is 43.1 Å². The summed E-state index contributed by atoms with van der Waals surface area (Å²) in [5, 5.41) is 18.2. The van der Waals surface area contributed by atoms with E-state index in [1.807, 2.05) is 6.07 Å². The molecule has 15 rings (SSSR count). The molecule has 0 aliphatic heterocycles. The molecular weight excluding hydrogens is 829 g/mol. The summed E-state index contributed by atoms with van der Waals surface area (Å²) < 4.78 is 9.36. The molecule has 0 bridgehead atoms. The minimum Gasteiger partial charge on any atom is -0.454 e. The first-order valence-electron chi connectivity index (χ1n) is 23.1. The monoisotopic (exact) mass is 864 g/mol. The van der Waals surface area contributed by atoms with Crippen molar-refractivity contribution in [3.63, 3.8) is 0 Å². The second kappa shape index (κ2) is 14.2. The Labute approximate surface area is 388 Å². The van der Waals surface area contributed by atoms with Crippen molar-refractivity contribution in [1.82, 2.24) is 19.5 Å². The summed E-state index contributed by atoms with van der Waals surface area (Å²) in [6, 6.07) is 78.1. The number of para-hydroxylation sites is 1. The molecule has 0 aliphatic rings. The summed E-state index contributed by atoms with van der Waals surface area (Å²) in [4.78, 5) is 16.6. The van der Waals surface area contributed by atoms with Crippen LogP contribution < -0.4 is 0 Å². The predicted molar refractivity (Wildman–Crippen MR) is 283 cm³/mol. The van der Waals surface area contributed by atoms with Crippen molar-refractivity contribution in [1.29, 1.82) is 0 Å². The minimum absolute atomic E-state index is 0.574. The van der Waals surface area contributed by atoms with E-state index >= 15 is 0 Å². The normalized spacial score (nSPS) is 12.1. The zero-order chi connectivity index (χ0) is 44.5. The molecule has 0 unspecified atom stereocenters. The first-order chi connectivity index (χ1) is 33.7. The van der Waals surface area contributed by atoms with E-state index in [2.05, 4.69) is 217 Å². The fourth-order valence-electron chi connectivity index (χ4n) is 11.0. The third-order valence-corrected chi connectivity index (χ3v) is 14.1. The van der Waals surface area contributed by atoms with Gasteiger partial charge in [-0.2, -0.15) is 0 Å². The lowest BCUT2D eigenvalue weighted by atomic mass is 9.96. The van der Waals surface area contributed by atoms with Gasteiger partial charge in [0.2, 0.25) is 0 Å². The Balaban J connectivity index is 1.08. The van der Waals surface area contributed by atoms with Crippen LogP contribution in [0.15, 0.2) is 223 Å². The van der Waals surface area contributed by atoms with E-state index in [4.69, 9.17) is 19.4 Å². The van der Waals surface area contributed by atoms with Gasteiger partial charge in [-0.3, -0.25) is 0 Å². The van der Waals surface area contributed by atoms with Crippen molar-refractivity contribution in [2.24, 2.45) is 0 Å². The first-order valence-corrected chi connectivity index (χ1v) is 23.1. The predicted octanol–water partition coefficient (Wildman–Crippen LogP) is 16.8. The van der Waals surface area contributed by atoms with Gasteiger partial charge in [0.1, 0.15) is 5.58 Å². The largest absolute Gasteiger partial charge is 0.454 e. The van der Waals surface area contributed by atoms with Crippen LogP contribution in [0.25, 0.3) is 148 Å². The highest BCUT2D eigenvalue weighted by Crippen LogP contribution is 2.44. The molecule has 0 amide bonds. The molecule has 15 aromatic rings. The SMILES string of the molecule is c1ccc2cc3c(cc2c1)c1cc2ccccc2cc1n3-c1cc(-c2nc(-c3cc4ccccc4c4ccccc34)nc(-c3cc4ccccc4c4ccccc34)n2)cc2c1oc1ccccc12. The van der Waals surface area contributed by atoms with Gasteiger partial charge in [-0.05, 0) is 119 Å². The molecule has 68 heavy (non-hydrogen) atoms. The number of benzene rings is 12. The maximum Gasteiger partial charge on any atom is 0.164 e. The number of rotatable bonds is 4. The van der Waals surface area contributed by atoms with Crippen LogP contribution in [0, 0.1) is 0 Å². The van der Waals surface area contributed by atoms with Gasteiger partial charge in [0.15, 0.2) is 23.1 Å². The molecule has 5 nitrogen and oxygen atoms in total. The fourth-order valence-corrected chi connectivity index (χ4v) is 11.0. The van der Waals surface area contributed by atoms with E-state index < -0.39 is 0 Å². The average Bonchev–Trinajstić information content (AvgIpc) is 3.93. The lowest BCUT2D eigenvalue weighted by Crippen LogP contribution is -2.02. The molecule has 0 fully saturated rings. The zero-order valence-corrected chi connectivity index (χ0v) is 36.5. The van der Waals surface area contributed by atoms with Gasteiger partial charge in [0, 0.05) is 38.2 Å². The van der Waals surface area contributed by atoms with Crippen LogP contribution >= 0.6 is 0 Å². The van der Waals surface area contributed by atoms with Crippen molar-refractivity contribution < 1.29 is 4.42 Å². The summed E-state index contributed by atoms with van der Waals surface area (Å²) >= 11 is 0. The summed E-state index contributed by atoms with van der Waals surface area (Å²) in [6.45, 7) is 0. The van der Waals surface area contributed by atoms with Crippen LogP contribution in [0.2, 0.25) is 0 Å². The van der Waals surface area contributed by atoms with Crippen LogP contribution in [0.1, 0.15) is 0 Å². The average molecular weight is 865 g/mol. The summed E-state index contributed by atoms with van der Waals surface area (Å²) in [5.41, 5.74) is 7.47. The van der Waals surface area contributed by atoms with Crippen molar-refractivity contribution in [3.8, 4) is 39.9 Å². The second-order valence-corrected chi connectivity index (χ2v) is 17.9. The third-order valence-electron chi connectivity index (χ3n) is 14.1. The summed E-state index contributed by atoms with van der Waals surface area (Å²) in [6.07, 6.45) is 0. The van der Waals surface area contributed by atoms with E-state index in [9.17, 15) is 0 Å². The molecule has 3 heterocycles. The molecule has 12 aromatic carbocycles. The topological polar surface area (TPSA) is 56.7 Å². The molecule has 0 saturated heterocycles. The van der Waals surface area contributed by atoms with Gasteiger partial charge in [0.05, 0.1) is 16.7 Å². The smallest absolute Gasteiger partial charge is 0.164 e. The van der Waals surface area contributed by atoms with Gasteiger partial charge in [-0.15, -0.1) is 0 Å². The highest BCUT2D eigenvalue weighted by atomic mass is 16.3.